The molecule has 1 rings (SSSR count). The zero-order valence-electron chi connectivity index (χ0n) is 12.9. The number of nitrogens with zero attached hydrogens (tertiary/aromatic N) is 4. The third-order valence-corrected chi connectivity index (χ3v) is 4.58. The summed E-state index contributed by atoms with van der Waals surface area (Å²) in [4.78, 5) is 29.0. The van der Waals surface area contributed by atoms with Gasteiger partial charge in [0.1, 0.15) is 0 Å². The second-order valence-corrected chi connectivity index (χ2v) is 7.04. The predicted molar refractivity (Wildman–Crippen MR) is 85.9 cm³/mol. The van der Waals surface area contributed by atoms with Crippen LogP contribution in [0.15, 0.2) is 9.33 Å². The number of hydrogen-bond donors (Lipinski definition) is 0. The Morgan fingerprint density at radius 2 is 2.23 bits per heavy atom. The van der Waals surface area contributed by atoms with Crippen LogP contribution < -0.4 is 4.80 Å². The molecule has 0 N–H and O–H groups in total. The van der Waals surface area contributed by atoms with Crippen LogP contribution in [0.5, 0.6) is 0 Å². The second-order valence-electron chi connectivity index (χ2n) is 4.81. The third kappa shape index (κ3) is 5.54. The van der Waals surface area contributed by atoms with Gasteiger partial charge in [0, 0.05) is 19.8 Å². The van der Waals surface area contributed by atoms with Gasteiger partial charge in [-0.1, -0.05) is 42.9 Å². The minimum absolute atomic E-state index is 0.159. The van der Waals surface area contributed by atoms with E-state index >= 15 is 0 Å². The van der Waals surface area contributed by atoms with Crippen molar-refractivity contribution in [2.24, 2.45) is 10.9 Å². The molecule has 0 aliphatic heterocycles. The molecule has 1 aromatic rings. The first-order valence-corrected chi connectivity index (χ1v) is 8.25. The van der Waals surface area contributed by atoms with Crippen LogP contribution in [0.2, 0.25) is 0 Å². The summed E-state index contributed by atoms with van der Waals surface area (Å²) in [5.41, 5.74) is 0. The maximum absolute atomic E-state index is 11.9. The Balaban J connectivity index is 3.13. The highest BCUT2D eigenvalue weighted by Crippen LogP contribution is 2.20. The highest BCUT2D eigenvalue weighted by molar-refractivity contribution is 8.00. The monoisotopic (exact) mass is 342 g/mol. The number of carbonyl (C=O) groups is 2. The molecule has 1 heterocycles. The number of carbonyl (C=O) groups excluding carboxylic acids is 2. The summed E-state index contributed by atoms with van der Waals surface area (Å²) in [5.74, 6) is 3.52. The Bertz CT molecular complexity index is 640. The second kappa shape index (κ2) is 8.60. The molecule has 1 aromatic heterocycles. The smallest absolute Gasteiger partial charge is 0.435 e. The van der Waals surface area contributed by atoms with E-state index in [1.54, 1.807) is 14.1 Å². The van der Waals surface area contributed by atoms with E-state index < -0.39 is 12.1 Å². The average Bonchev–Trinajstić information content (AvgIpc) is 2.85. The van der Waals surface area contributed by atoms with E-state index in [1.807, 2.05) is 0 Å². The molecule has 0 saturated carbocycles. The number of ether oxygens (including phenoxy) is 1. The highest BCUT2D eigenvalue weighted by atomic mass is 32.2. The predicted octanol–water partition coefficient (Wildman–Crippen LogP) is 1.89. The van der Waals surface area contributed by atoms with Gasteiger partial charge >= 0.3 is 12.1 Å². The summed E-state index contributed by atoms with van der Waals surface area (Å²) in [6.45, 7) is 3.99. The van der Waals surface area contributed by atoms with Crippen molar-refractivity contribution in [3.8, 4) is 12.3 Å². The van der Waals surface area contributed by atoms with E-state index in [-0.39, 0.29) is 11.4 Å². The largest absolute Gasteiger partial charge is 0.438 e. The standard InChI is InChI=1S/C13H18N4O3S2/c1-6-7-20-13(19)17-11(14-10(18)16(4)5)22-12(15-17)21-8-9(2)3/h1,9H,7-8H2,2-5H3. The van der Waals surface area contributed by atoms with Gasteiger partial charge in [-0.25, -0.2) is 9.59 Å². The third-order valence-electron chi connectivity index (χ3n) is 2.11. The van der Waals surface area contributed by atoms with Crippen molar-refractivity contribution in [1.82, 2.24) is 14.7 Å². The molecule has 120 valence electrons. The fourth-order valence-electron chi connectivity index (χ4n) is 1.10. The van der Waals surface area contributed by atoms with E-state index in [2.05, 4.69) is 29.9 Å². The molecule has 2 amide bonds. The fourth-order valence-corrected chi connectivity index (χ4v) is 2.98. The summed E-state index contributed by atoms with van der Waals surface area (Å²) >= 11 is 2.65. The maximum atomic E-state index is 11.9. The molecule has 0 radical (unpaired) electrons. The molecule has 0 spiro atoms. The quantitative estimate of drug-likeness (QED) is 0.617. The van der Waals surface area contributed by atoms with Gasteiger partial charge in [0.2, 0.25) is 4.80 Å². The van der Waals surface area contributed by atoms with Gasteiger partial charge < -0.3 is 9.64 Å². The van der Waals surface area contributed by atoms with E-state index in [0.29, 0.717) is 10.3 Å². The van der Waals surface area contributed by atoms with Crippen molar-refractivity contribution in [3.05, 3.63) is 4.80 Å². The van der Waals surface area contributed by atoms with E-state index in [9.17, 15) is 9.59 Å². The molecule has 0 aromatic carbocycles. The Kier molecular flexibility index (Phi) is 7.14. The molecule has 22 heavy (non-hydrogen) atoms. The summed E-state index contributed by atoms with van der Waals surface area (Å²) in [6.07, 6.45) is 4.30. The molecule has 7 nitrogen and oxygen atoms in total. The van der Waals surface area contributed by atoms with Crippen LogP contribution in [-0.2, 0) is 4.74 Å². The van der Waals surface area contributed by atoms with E-state index in [0.717, 1.165) is 21.8 Å². The van der Waals surface area contributed by atoms with Crippen molar-refractivity contribution in [2.45, 2.75) is 18.2 Å². The number of thioether (sulfide) groups is 1. The van der Waals surface area contributed by atoms with Crippen molar-refractivity contribution in [3.63, 3.8) is 0 Å². The topological polar surface area (TPSA) is 76.8 Å². The van der Waals surface area contributed by atoms with Gasteiger partial charge in [0.25, 0.3) is 0 Å². The molecule has 0 unspecified atom stereocenters. The Morgan fingerprint density at radius 3 is 2.77 bits per heavy atom. The first-order valence-electron chi connectivity index (χ1n) is 6.44. The van der Waals surface area contributed by atoms with E-state index in [1.165, 1.54) is 16.7 Å². The molecule has 0 fully saturated rings. The number of hydrogen-bond acceptors (Lipinski definition) is 6. The molecule has 0 atom stereocenters. The zero-order chi connectivity index (χ0) is 16.7. The first kappa shape index (κ1) is 18.3. The molecule has 9 heteroatoms. The zero-order valence-corrected chi connectivity index (χ0v) is 14.5. The van der Waals surface area contributed by atoms with Gasteiger partial charge in [-0.05, 0) is 5.92 Å². The van der Waals surface area contributed by atoms with Gasteiger partial charge in [0.15, 0.2) is 10.9 Å². The van der Waals surface area contributed by atoms with Crippen molar-refractivity contribution < 1.29 is 14.3 Å². The van der Waals surface area contributed by atoms with Crippen LogP contribution in [0.25, 0.3) is 0 Å². The molecule has 0 aliphatic carbocycles. The lowest BCUT2D eigenvalue weighted by Gasteiger charge is -2.04. The van der Waals surface area contributed by atoms with Crippen LogP contribution in [0.4, 0.5) is 9.59 Å². The van der Waals surface area contributed by atoms with Crippen molar-refractivity contribution >= 4 is 35.2 Å². The minimum atomic E-state index is -0.754. The van der Waals surface area contributed by atoms with Crippen LogP contribution in [0.1, 0.15) is 13.8 Å². The van der Waals surface area contributed by atoms with Crippen LogP contribution in [0, 0.1) is 18.3 Å². The van der Waals surface area contributed by atoms with Gasteiger partial charge in [-0.15, -0.1) is 16.2 Å². The average molecular weight is 342 g/mol. The maximum Gasteiger partial charge on any atom is 0.438 e. The van der Waals surface area contributed by atoms with Crippen LogP contribution in [-0.4, -0.2) is 53.3 Å². The normalized spacial score (nSPS) is 11.4. The lowest BCUT2D eigenvalue weighted by molar-refractivity contribution is 0.157. The minimum Gasteiger partial charge on any atom is -0.435 e. The van der Waals surface area contributed by atoms with Crippen molar-refractivity contribution in [2.75, 3.05) is 26.5 Å². The van der Waals surface area contributed by atoms with Gasteiger partial charge in [-0.3, -0.25) is 0 Å². The highest BCUT2D eigenvalue weighted by Gasteiger charge is 2.15. The SMILES string of the molecule is C#CCOC(=O)n1nc(SCC(C)C)sc1=NC(=O)N(C)C. The first-order chi connectivity index (χ1) is 10.3. The number of terminal acetylenes is 1. The number of rotatable bonds is 4. The van der Waals surface area contributed by atoms with Gasteiger partial charge in [0.05, 0.1) is 0 Å². The van der Waals surface area contributed by atoms with Crippen LogP contribution >= 0.6 is 23.1 Å². The lowest BCUT2D eigenvalue weighted by Crippen LogP contribution is -2.29. The number of urea groups is 1. The Morgan fingerprint density at radius 1 is 1.55 bits per heavy atom. The summed E-state index contributed by atoms with van der Waals surface area (Å²) in [7, 11) is 3.14. The fraction of sp³-hybridized carbons (Fsp3) is 0.538. The summed E-state index contributed by atoms with van der Waals surface area (Å²) < 4.78 is 6.44. The van der Waals surface area contributed by atoms with Gasteiger partial charge in [-0.2, -0.15) is 4.99 Å². The lowest BCUT2D eigenvalue weighted by atomic mass is 10.3. The number of amides is 2. The van der Waals surface area contributed by atoms with E-state index in [4.69, 9.17) is 11.2 Å². The Hall–Kier alpha value is -1.79. The molecular formula is C13H18N4O3S2. The van der Waals surface area contributed by atoms with Crippen molar-refractivity contribution in [1.29, 1.82) is 0 Å². The molecule has 0 saturated heterocycles. The number of aromatic nitrogens is 2. The molecule has 0 aliphatic rings. The Labute approximate surface area is 137 Å². The summed E-state index contributed by atoms with van der Waals surface area (Å²) in [5, 5.41) is 4.14. The molecular weight excluding hydrogens is 324 g/mol. The molecule has 0 bridgehead atoms. The summed E-state index contributed by atoms with van der Waals surface area (Å²) in [6, 6.07) is -0.484. The van der Waals surface area contributed by atoms with Crippen LogP contribution in [0.3, 0.4) is 0 Å².